The Kier molecular flexibility index (Phi) is 11.6. The van der Waals surface area contributed by atoms with Gasteiger partial charge in [-0.25, -0.2) is 0 Å². The molecule has 0 unspecified atom stereocenters. The van der Waals surface area contributed by atoms with Gasteiger partial charge in [0.1, 0.15) is 11.6 Å². The Balaban J connectivity index is 0.000000203. The molecular formula is C31H44N4O3. The highest BCUT2D eigenvalue weighted by molar-refractivity contribution is 6.03. The van der Waals surface area contributed by atoms with Crippen molar-refractivity contribution in [3.63, 3.8) is 0 Å². The number of benzene rings is 2. The number of carbonyl (C=O) groups is 3. The summed E-state index contributed by atoms with van der Waals surface area (Å²) >= 11 is 0. The molecule has 3 aliphatic rings. The van der Waals surface area contributed by atoms with Crippen LogP contribution < -0.4 is 20.9 Å². The van der Waals surface area contributed by atoms with Gasteiger partial charge >= 0.3 is 0 Å². The Morgan fingerprint density at radius 3 is 1.21 bits per heavy atom. The lowest BCUT2D eigenvalue weighted by Gasteiger charge is -2.26. The molecule has 1 amide bonds. The Hall–Kier alpha value is -2.87. The molecule has 3 saturated heterocycles. The third kappa shape index (κ3) is 8.86. The highest BCUT2D eigenvalue weighted by atomic mass is 16.2. The average molecular weight is 521 g/mol. The van der Waals surface area contributed by atoms with Gasteiger partial charge in [-0.1, -0.05) is 35.4 Å². The normalized spacial score (nSPS) is 22.1. The van der Waals surface area contributed by atoms with Crippen molar-refractivity contribution in [1.29, 1.82) is 0 Å². The van der Waals surface area contributed by atoms with Gasteiger partial charge in [-0.15, -0.1) is 0 Å². The number of ketones is 2. The molecular weight excluding hydrogens is 476 g/mol. The minimum absolute atomic E-state index is 0.0809. The molecule has 2 aromatic rings. The van der Waals surface area contributed by atoms with Crippen molar-refractivity contribution < 1.29 is 14.4 Å². The van der Waals surface area contributed by atoms with Crippen molar-refractivity contribution >= 4 is 28.8 Å². The first kappa shape index (κ1) is 29.7. The largest absolute Gasteiger partial charge is 0.307 e. The van der Waals surface area contributed by atoms with E-state index in [1.165, 1.54) is 11.1 Å². The van der Waals surface area contributed by atoms with Crippen LogP contribution in [0, 0.1) is 13.8 Å². The van der Waals surface area contributed by atoms with Crippen LogP contribution in [0.5, 0.6) is 0 Å². The van der Waals surface area contributed by atoms with E-state index in [0.717, 1.165) is 69.5 Å². The van der Waals surface area contributed by atoms with E-state index in [1.54, 1.807) is 13.8 Å². The summed E-state index contributed by atoms with van der Waals surface area (Å²) in [5.41, 5.74) is 4.24. The highest BCUT2D eigenvalue weighted by Gasteiger charge is 2.28. The topological polar surface area (TPSA) is 90.5 Å². The molecule has 2 aromatic carbocycles. The van der Waals surface area contributed by atoms with Crippen molar-refractivity contribution in [1.82, 2.24) is 16.0 Å². The van der Waals surface area contributed by atoms with Crippen LogP contribution in [0.25, 0.3) is 0 Å². The molecule has 38 heavy (non-hydrogen) atoms. The number of rotatable bonds is 5. The molecule has 0 aromatic heterocycles. The van der Waals surface area contributed by atoms with E-state index in [-0.39, 0.29) is 35.6 Å². The molecule has 0 bridgehead atoms. The highest BCUT2D eigenvalue weighted by Crippen LogP contribution is 2.28. The Morgan fingerprint density at radius 2 is 0.947 bits per heavy atom. The molecule has 3 atom stereocenters. The third-order valence-corrected chi connectivity index (χ3v) is 7.27. The maximum absolute atomic E-state index is 13.0. The summed E-state index contributed by atoms with van der Waals surface area (Å²) in [5, 5.41) is 9.52. The Morgan fingerprint density at radius 1 is 0.605 bits per heavy atom. The van der Waals surface area contributed by atoms with Crippen molar-refractivity contribution in [3.05, 3.63) is 59.7 Å². The molecule has 206 valence electrons. The number of hydrogen-bond acceptors (Lipinski definition) is 6. The lowest BCUT2D eigenvalue weighted by molar-refractivity contribution is -0.120. The van der Waals surface area contributed by atoms with E-state index >= 15 is 0 Å². The zero-order valence-electron chi connectivity index (χ0n) is 23.4. The summed E-state index contributed by atoms with van der Waals surface area (Å²) in [6.07, 6.45) is 6.36. The number of carbonyl (C=O) groups excluding carboxylic acids is 3. The van der Waals surface area contributed by atoms with Gasteiger partial charge in [0.15, 0.2) is 0 Å². The van der Waals surface area contributed by atoms with E-state index in [0.29, 0.717) is 0 Å². The molecule has 0 aliphatic carbocycles. The lowest BCUT2D eigenvalue weighted by atomic mass is 10.1. The molecule has 7 heteroatoms. The van der Waals surface area contributed by atoms with E-state index in [9.17, 15) is 14.4 Å². The van der Waals surface area contributed by atoms with Crippen molar-refractivity contribution in [2.24, 2.45) is 0 Å². The fourth-order valence-corrected chi connectivity index (χ4v) is 4.91. The molecule has 3 heterocycles. The molecule has 3 aliphatic heterocycles. The number of aryl methyl sites for hydroxylation is 2. The first-order chi connectivity index (χ1) is 18.3. The minimum atomic E-state index is -0.0809. The lowest BCUT2D eigenvalue weighted by Crippen LogP contribution is -2.41. The standard InChI is InChI=1S/C19H22N2O.2C6H11NO/c1-14-5-9-16(10-6-14)21(17-11-7-15(2)8-12-17)19(22)18-4-3-13-20-18;2*1-5(8)6-3-2-4-7-6/h5-12,18,20H,3-4,13H2,1-2H3;2*6-7H,2-4H2,1H3/t18-;2*6-/m110/s1. The first-order valence-electron chi connectivity index (χ1n) is 13.9. The van der Waals surface area contributed by atoms with Crippen LogP contribution in [-0.4, -0.2) is 55.2 Å². The van der Waals surface area contributed by atoms with Crippen LogP contribution in [-0.2, 0) is 14.4 Å². The van der Waals surface area contributed by atoms with Gasteiger partial charge in [0.2, 0.25) is 5.91 Å². The van der Waals surface area contributed by atoms with Crippen LogP contribution in [0.3, 0.4) is 0 Å². The monoisotopic (exact) mass is 520 g/mol. The molecule has 3 N–H and O–H groups in total. The maximum Gasteiger partial charge on any atom is 0.248 e. The first-order valence-corrected chi connectivity index (χ1v) is 13.9. The fraction of sp³-hybridized carbons (Fsp3) is 0.516. The Labute approximate surface area is 227 Å². The van der Waals surface area contributed by atoms with Crippen molar-refractivity contribution in [2.45, 2.75) is 84.3 Å². The summed E-state index contributed by atoms with van der Waals surface area (Å²) < 4.78 is 0. The fourth-order valence-electron chi connectivity index (χ4n) is 4.91. The van der Waals surface area contributed by atoms with Crippen LogP contribution in [0.15, 0.2) is 48.5 Å². The van der Waals surface area contributed by atoms with Crippen LogP contribution in [0.1, 0.15) is 63.5 Å². The maximum atomic E-state index is 13.0. The van der Waals surface area contributed by atoms with E-state index in [1.807, 2.05) is 53.4 Å². The number of anilines is 2. The second-order valence-corrected chi connectivity index (χ2v) is 10.5. The Bertz CT molecular complexity index is 962. The molecule has 7 nitrogen and oxygen atoms in total. The minimum Gasteiger partial charge on any atom is -0.307 e. The van der Waals surface area contributed by atoms with E-state index in [4.69, 9.17) is 0 Å². The smallest absolute Gasteiger partial charge is 0.248 e. The quantitative estimate of drug-likeness (QED) is 0.542. The van der Waals surface area contributed by atoms with Gasteiger partial charge in [0, 0.05) is 11.4 Å². The van der Waals surface area contributed by atoms with Gasteiger partial charge in [-0.3, -0.25) is 19.3 Å². The summed E-state index contributed by atoms with van der Waals surface area (Å²) in [7, 11) is 0. The van der Waals surface area contributed by atoms with Crippen molar-refractivity contribution in [2.75, 3.05) is 24.5 Å². The molecule has 0 spiro atoms. The van der Waals surface area contributed by atoms with E-state index in [2.05, 4.69) is 29.8 Å². The predicted octanol–water partition coefficient (Wildman–Crippen LogP) is 4.37. The summed E-state index contributed by atoms with van der Waals surface area (Å²) in [5.74, 6) is 0.690. The SMILES string of the molecule is CC(=O)[C@@H]1CCCN1.CC(=O)[C@H]1CCCN1.Cc1ccc(N(C(=O)[C@H]2CCCN2)c2ccc(C)cc2)cc1. The summed E-state index contributed by atoms with van der Waals surface area (Å²) in [4.78, 5) is 36.0. The molecule has 5 rings (SSSR count). The number of nitrogens with zero attached hydrogens (tertiary/aromatic N) is 1. The number of amides is 1. The van der Waals surface area contributed by atoms with Gasteiger partial charge in [0.25, 0.3) is 0 Å². The molecule has 0 saturated carbocycles. The molecule has 0 radical (unpaired) electrons. The third-order valence-electron chi connectivity index (χ3n) is 7.27. The second-order valence-electron chi connectivity index (χ2n) is 10.5. The zero-order valence-corrected chi connectivity index (χ0v) is 23.4. The number of hydrogen-bond donors (Lipinski definition) is 3. The zero-order chi connectivity index (χ0) is 27.5. The van der Waals surface area contributed by atoms with Crippen LogP contribution in [0.4, 0.5) is 11.4 Å². The number of nitrogens with one attached hydrogen (secondary N) is 3. The van der Waals surface area contributed by atoms with Crippen LogP contribution >= 0.6 is 0 Å². The van der Waals surface area contributed by atoms with Gasteiger partial charge in [0.05, 0.1) is 18.1 Å². The average Bonchev–Trinajstić information content (AvgIpc) is 3.71. The number of Topliss-reactive ketones (excluding diaryl/α,β-unsaturated/α-hetero) is 2. The summed E-state index contributed by atoms with van der Waals surface area (Å²) in [6.45, 7) is 10.4. The predicted molar refractivity (Wildman–Crippen MR) is 154 cm³/mol. The van der Waals surface area contributed by atoms with Gasteiger partial charge < -0.3 is 16.0 Å². The molecule has 3 fully saturated rings. The van der Waals surface area contributed by atoms with Crippen molar-refractivity contribution in [3.8, 4) is 0 Å². The van der Waals surface area contributed by atoms with Gasteiger partial charge in [-0.2, -0.15) is 0 Å². The van der Waals surface area contributed by atoms with Gasteiger partial charge in [-0.05, 0) is 110 Å². The second kappa shape index (κ2) is 14.9. The summed E-state index contributed by atoms with van der Waals surface area (Å²) in [6, 6.07) is 16.5. The van der Waals surface area contributed by atoms with E-state index < -0.39 is 0 Å². The van der Waals surface area contributed by atoms with Crippen LogP contribution in [0.2, 0.25) is 0 Å².